The Balaban J connectivity index is 1.58. The molecule has 0 radical (unpaired) electrons. The number of piperazine rings is 1. The average molecular weight is 253 g/mol. The molecule has 106 valence electrons. The van der Waals surface area contributed by atoms with Crippen LogP contribution in [0.5, 0.6) is 0 Å². The number of nitrogens with two attached hydrogens (primary N) is 1. The van der Waals surface area contributed by atoms with Crippen LogP contribution in [-0.4, -0.2) is 55.6 Å². The molecule has 0 aromatic rings. The fourth-order valence-corrected chi connectivity index (χ4v) is 3.37. The van der Waals surface area contributed by atoms with Gasteiger partial charge in [-0.3, -0.25) is 0 Å². The number of rotatable bonds is 6. The lowest BCUT2D eigenvalue weighted by molar-refractivity contribution is 0.116. The molecular weight excluding hydrogens is 222 g/mol. The third-order valence-corrected chi connectivity index (χ3v) is 4.77. The molecule has 18 heavy (non-hydrogen) atoms. The summed E-state index contributed by atoms with van der Waals surface area (Å²) in [6.45, 7) is 10.6. The summed E-state index contributed by atoms with van der Waals surface area (Å²) in [5, 5.41) is 0. The van der Waals surface area contributed by atoms with E-state index in [4.69, 9.17) is 5.73 Å². The summed E-state index contributed by atoms with van der Waals surface area (Å²) in [5.41, 5.74) is 5.70. The van der Waals surface area contributed by atoms with Crippen molar-refractivity contribution in [1.29, 1.82) is 0 Å². The third kappa shape index (κ3) is 4.52. The molecule has 2 aliphatic rings. The van der Waals surface area contributed by atoms with E-state index < -0.39 is 0 Å². The van der Waals surface area contributed by atoms with E-state index in [0.717, 1.165) is 12.5 Å². The lowest BCUT2D eigenvalue weighted by Crippen LogP contribution is -2.48. The summed E-state index contributed by atoms with van der Waals surface area (Å²) >= 11 is 0. The molecule has 0 aromatic carbocycles. The van der Waals surface area contributed by atoms with Crippen molar-refractivity contribution in [1.82, 2.24) is 9.80 Å². The first-order valence-corrected chi connectivity index (χ1v) is 7.92. The zero-order valence-electron chi connectivity index (χ0n) is 12.1. The Hall–Kier alpha value is -0.120. The molecule has 3 nitrogen and oxygen atoms in total. The van der Waals surface area contributed by atoms with E-state index in [2.05, 4.69) is 16.7 Å². The van der Waals surface area contributed by atoms with Gasteiger partial charge in [-0.25, -0.2) is 0 Å². The van der Waals surface area contributed by atoms with Crippen LogP contribution < -0.4 is 5.73 Å². The highest BCUT2D eigenvalue weighted by molar-refractivity contribution is 4.75. The molecule has 1 aliphatic heterocycles. The van der Waals surface area contributed by atoms with Crippen LogP contribution in [0.1, 0.15) is 39.0 Å². The predicted octanol–water partition coefficient (Wildman–Crippen LogP) is 1.78. The minimum absolute atomic E-state index is 0.648. The molecule has 2 N–H and O–H groups in total. The Bertz CT molecular complexity index is 218. The van der Waals surface area contributed by atoms with Crippen molar-refractivity contribution in [3.63, 3.8) is 0 Å². The second kappa shape index (κ2) is 7.46. The molecular formula is C15H31N3. The maximum absolute atomic E-state index is 5.70. The molecule has 1 atom stereocenters. The highest BCUT2D eigenvalue weighted by Crippen LogP contribution is 2.27. The van der Waals surface area contributed by atoms with Gasteiger partial charge in [0, 0.05) is 32.7 Å². The van der Waals surface area contributed by atoms with Gasteiger partial charge < -0.3 is 15.5 Å². The van der Waals surface area contributed by atoms with Gasteiger partial charge in [-0.1, -0.05) is 32.6 Å². The first kappa shape index (κ1) is 14.3. The average Bonchev–Trinajstić information content (AvgIpc) is 2.91. The van der Waals surface area contributed by atoms with Crippen LogP contribution in [0.4, 0.5) is 0 Å². The number of hydrogen-bond donors (Lipinski definition) is 1. The SMILES string of the molecule is CC(CN)CN1CCN(CCC2CCCC2)CC1. The summed E-state index contributed by atoms with van der Waals surface area (Å²) in [6.07, 6.45) is 7.39. The summed E-state index contributed by atoms with van der Waals surface area (Å²) in [4.78, 5) is 5.26. The van der Waals surface area contributed by atoms with Gasteiger partial charge in [0.2, 0.25) is 0 Å². The molecule has 2 rings (SSSR count). The number of hydrogen-bond acceptors (Lipinski definition) is 3. The van der Waals surface area contributed by atoms with E-state index >= 15 is 0 Å². The van der Waals surface area contributed by atoms with Crippen LogP contribution >= 0.6 is 0 Å². The largest absolute Gasteiger partial charge is 0.330 e. The second-order valence-electron chi connectivity index (χ2n) is 6.42. The topological polar surface area (TPSA) is 32.5 Å². The summed E-state index contributed by atoms with van der Waals surface area (Å²) in [6, 6.07) is 0. The summed E-state index contributed by atoms with van der Waals surface area (Å²) < 4.78 is 0. The van der Waals surface area contributed by atoms with Gasteiger partial charge in [0.05, 0.1) is 0 Å². The van der Waals surface area contributed by atoms with Crippen LogP contribution in [0.2, 0.25) is 0 Å². The smallest absolute Gasteiger partial charge is 0.0110 e. The molecule has 1 heterocycles. The van der Waals surface area contributed by atoms with Crippen molar-refractivity contribution in [3.8, 4) is 0 Å². The third-order valence-electron chi connectivity index (χ3n) is 4.77. The monoisotopic (exact) mass is 253 g/mol. The van der Waals surface area contributed by atoms with Crippen molar-refractivity contribution in [3.05, 3.63) is 0 Å². The van der Waals surface area contributed by atoms with Crippen molar-refractivity contribution < 1.29 is 0 Å². The minimum atomic E-state index is 0.648. The molecule has 1 saturated carbocycles. The van der Waals surface area contributed by atoms with Gasteiger partial charge in [0.25, 0.3) is 0 Å². The quantitative estimate of drug-likeness (QED) is 0.783. The lowest BCUT2D eigenvalue weighted by Gasteiger charge is -2.36. The second-order valence-corrected chi connectivity index (χ2v) is 6.42. The zero-order chi connectivity index (χ0) is 12.8. The normalized spacial score (nSPS) is 25.7. The first-order chi connectivity index (χ1) is 8.78. The predicted molar refractivity (Wildman–Crippen MR) is 77.7 cm³/mol. The maximum atomic E-state index is 5.70. The Morgan fingerprint density at radius 2 is 1.67 bits per heavy atom. The molecule has 0 spiro atoms. The number of nitrogens with zero attached hydrogens (tertiary/aromatic N) is 2. The molecule has 1 aliphatic carbocycles. The fraction of sp³-hybridized carbons (Fsp3) is 1.00. The lowest BCUT2D eigenvalue weighted by atomic mass is 10.0. The van der Waals surface area contributed by atoms with Crippen LogP contribution in [0.15, 0.2) is 0 Å². The molecule has 3 heteroatoms. The van der Waals surface area contributed by atoms with Gasteiger partial charge in [-0.05, 0) is 31.3 Å². The van der Waals surface area contributed by atoms with Gasteiger partial charge >= 0.3 is 0 Å². The molecule has 2 fully saturated rings. The van der Waals surface area contributed by atoms with Gasteiger partial charge in [0.15, 0.2) is 0 Å². The Kier molecular flexibility index (Phi) is 5.93. The van der Waals surface area contributed by atoms with Crippen LogP contribution in [0.25, 0.3) is 0 Å². The zero-order valence-corrected chi connectivity index (χ0v) is 12.1. The minimum Gasteiger partial charge on any atom is -0.330 e. The standard InChI is InChI=1S/C15H31N3/c1-14(12-16)13-18-10-8-17(9-11-18)7-6-15-4-2-3-5-15/h14-15H,2-13,16H2,1H3. The Labute approximate surface area is 113 Å². The van der Waals surface area contributed by atoms with Crippen molar-refractivity contribution in [2.24, 2.45) is 17.6 Å². The van der Waals surface area contributed by atoms with Gasteiger partial charge in [0.1, 0.15) is 0 Å². The molecule has 0 bridgehead atoms. The molecule has 0 aromatic heterocycles. The van der Waals surface area contributed by atoms with E-state index in [1.165, 1.54) is 71.4 Å². The van der Waals surface area contributed by atoms with E-state index in [1.807, 2.05) is 0 Å². The van der Waals surface area contributed by atoms with Crippen molar-refractivity contribution in [2.75, 3.05) is 45.8 Å². The van der Waals surface area contributed by atoms with Gasteiger partial charge in [-0.15, -0.1) is 0 Å². The Morgan fingerprint density at radius 3 is 2.28 bits per heavy atom. The van der Waals surface area contributed by atoms with E-state index in [-0.39, 0.29) is 0 Å². The van der Waals surface area contributed by atoms with Crippen molar-refractivity contribution in [2.45, 2.75) is 39.0 Å². The highest BCUT2D eigenvalue weighted by Gasteiger charge is 2.20. The van der Waals surface area contributed by atoms with Gasteiger partial charge in [-0.2, -0.15) is 0 Å². The van der Waals surface area contributed by atoms with Crippen LogP contribution in [-0.2, 0) is 0 Å². The molecule has 1 saturated heterocycles. The van der Waals surface area contributed by atoms with Crippen LogP contribution in [0.3, 0.4) is 0 Å². The summed E-state index contributed by atoms with van der Waals surface area (Å²) in [5.74, 6) is 1.69. The first-order valence-electron chi connectivity index (χ1n) is 7.92. The van der Waals surface area contributed by atoms with E-state index in [9.17, 15) is 0 Å². The maximum Gasteiger partial charge on any atom is 0.0110 e. The molecule has 0 amide bonds. The highest BCUT2D eigenvalue weighted by atomic mass is 15.3. The van der Waals surface area contributed by atoms with Crippen molar-refractivity contribution >= 4 is 0 Å². The van der Waals surface area contributed by atoms with E-state index in [1.54, 1.807) is 0 Å². The molecule has 1 unspecified atom stereocenters. The van der Waals surface area contributed by atoms with E-state index in [0.29, 0.717) is 5.92 Å². The summed E-state index contributed by atoms with van der Waals surface area (Å²) in [7, 11) is 0. The fourth-order valence-electron chi connectivity index (χ4n) is 3.37. The van der Waals surface area contributed by atoms with Crippen LogP contribution in [0, 0.1) is 11.8 Å². The Morgan fingerprint density at radius 1 is 1.06 bits per heavy atom.